The number of carbonyl (C=O) groups excluding carboxylic acids is 1. The van der Waals surface area contributed by atoms with E-state index in [1.54, 1.807) is 30.6 Å². The van der Waals surface area contributed by atoms with Gasteiger partial charge in [0.05, 0.1) is 11.0 Å². The van der Waals surface area contributed by atoms with Crippen LogP contribution in [0.15, 0.2) is 48.9 Å². The van der Waals surface area contributed by atoms with E-state index in [0.717, 1.165) is 11.6 Å². The molecule has 3 aromatic rings. The number of anilines is 1. The summed E-state index contributed by atoms with van der Waals surface area (Å²) in [6.07, 6.45) is 4.42. The number of fused-ring (bicyclic) bond motifs is 1. The first kappa shape index (κ1) is 12.2. The highest BCUT2D eigenvalue weighted by Gasteiger charge is 2.08. The number of amides is 1. The van der Waals surface area contributed by atoms with Crippen molar-refractivity contribution in [2.24, 2.45) is 0 Å². The van der Waals surface area contributed by atoms with Crippen molar-refractivity contribution in [1.82, 2.24) is 15.0 Å². The summed E-state index contributed by atoms with van der Waals surface area (Å²) in [5.41, 5.74) is 2.18. The van der Waals surface area contributed by atoms with E-state index in [1.165, 1.54) is 12.3 Å². The number of hydrogen-bond donors (Lipinski definition) is 1. The predicted octanol–water partition coefficient (Wildman–Crippen LogP) is 2.42. The molecule has 0 aliphatic heterocycles. The number of hydrogen-bond acceptors (Lipinski definition) is 4. The maximum absolute atomic E-state index is 13.0. The molecule has 6 heteroatoms. The molecule has 0 fully saturated rings. The average Bonchev–Trinajstić information content (AvgIpc) is 2.47. The second kappa shape index (κ2) is 5.00. The van der Waals surface area contributed by atoms with E-state index in [9.17, 15) is 9.18 Å². The van der Waals surface area contributed by atoms with Crippen molar-refractivity contribution in [2.75, 3.05) is 5.32 Å². The van der Waals surface area contributed by atoms with Gasteiger partial charge in [-0.3, -0.25) is 14.8 Å². The van der Waals surface area contributed by atoms with E-state index in [2.05, 4.69) is 20.3 Å². The van der Waals surface area contributed by atoms with Crippen LogP contribution in [0.25, 0.3) is 11.0 Å². The summed E-state index contributed by atoms with van der Waals surface area (Å²) in [5.74, 6) is -1.10. The lowest BCUT2D eigenvalue weighted by Crippen LogP contribution is -2.12. The zero-order valence-electron chi connectivity index (χ0n) is 10.2. The average molecular weight is 268 g/mol. The molecule has 1 amide bonds. The van der Waals surface area contributed by atoms with Crippen molar-refractivity contribution < 1.29 is 9.18 Å². The molecule has 0 saturated heterocycles. The van der Waals surface area contributed by atoms with Gasteiger partial charge in [-0.15, -0.1) is 0 Å². The maximum atomic E-state index is 13.0. The quantitative estimate of drug-likeness (QED) is 0.725. The minimum Gasteiger partial charge on any atom is -0.322 e. The minimum absolute atomic E-state index is 0.205. The highest BCUT2D eigenvalue weighted by molar-refractivity contribution is 6.04. The fraction of sp³-hybridized carbons (Fsp3) is 0. The molecule has 0 unspecified atom stereocenters. The topological polar surface area (TPSA) is 67.8 Å². The molecule has 0 aliphatic rings. The molecule has 2 heterocycles. The summed E-state index contributed by atoms with van der Waals surface area (Å²) in [7, 11) is 0. The molecule has 1 N–H and O–H groups in total. The number of carbonyl (C=O) groups is 1. The second-order valence-corrected chi connectivity index (χ2v) is 4.08. The maximum Gasteiger partial charge on any atom is 0.255 e. The van der Waals surface area contributed by atoms with Crippen LogP contribution in [-0.2, 0) is 0 Å². The van der Waals surface area contributed by atoms with Crippen LogP contribution in [0.2, 0.25) is 0 Å². The highest BCUT2D eigenvalue weighted by Crippen LogP contribution is 2.16. The molecule has 0 spiro atoms. The SMILES string of the molecule is O=C(Nc1ccc2nccnc2c1)c1ccnc(F)c1. The molecule has 98 valence electrons. The van der Waals surface area contributed by atoms with Crippen molar-refractivity contribution in [1.29, 1.82) is 0 Å². The Kier molecular flexibility index (Phi) is 3.04. The monoisotopic (exact) mass is 268 g/mol. The van der Waals surface area contributed by atoms with E-state index < -0.39 is 11.9 Å². The van der Waals surface area contributed by atoms with Gasteiger partial charge in [0.1, 0.15) is 0 Å². The largest absolute Gasteiger partial charge is 0.322 e. The first-order valence-electron chi connectivity index (χ1n) is 5.86. The van der Waals surface area contributed by atoms with Gasteiger partial charge in [-0.25, -0.2) is 4.98 Å². The molecule has 3 rings (SSSR count). The Morgan fingerprint density at radius 1 is 0.950 bits per heavy atom. The summed E-state index contributed by atoms with van der Waals surface area (Å²) in [6, 6.07) is 7.70. The molecule has 0 bridgehead atoms. The van der Waals surface area contributed by atoms with Crippen LogP contribution >= 0.6 is 0 Å². The summed E-state index contributed by atoms with van der Waals surface area (Å²) in [5, 5.41) is 2.68. The van der Waals surface area contributed by atoms with Crippen LogP contribution in [0, 0.1) is 5.95 Å². The fourth-order valence-electron chi connectivity index (χ4n) is 1.79. The molecule has 1 aromatic carbocycles. The van der Waals surface area contributed by atoms with Gasteiger partial charge in [-0.1, -0.05) is 0 Å². The van der Waals surface area contributed by atoms with Crippen LogP contribution in [0.1, 0.15) is 10.4 Å². The van der Waals surface area contributed by atoms with Crippen molar-refractivity contribution in [3.8, 4) is 0 Å². The summed E-state index contributed by atoms with van der Waals surface area (Å²) >= 11 is 0. The number of benzene rings is 1. The van der Waals surface area contributed by atoms with Gasteiger partial charge in [0.15, 0.2) is 0 Å². The molecule has 20 heavy (non-hydrogen) atoms. The minimum atomic E-state index is -0.693. The second-order valence-electron chi connectivity index (χ2n) is 4.08. The van der Waals surface area contributed by atoms with Gasteiger partial charge in [0.2, 0.25) is 5.95 Å². The van der Waals surface area contributed by atoms with Crippen LogP contribution in [0.3, 0.4) is 0 Å². The Morgan fingerprint density at radius 2 is 1.75 bits per heavy atom. The molecule has 0 saturated carbocycles. The fourth-order valence-corrected chi connectivity index (χ4v) is 1.79. The third-order valence-electron chi connectivity index (χ3n) is 2.72. The van der Waals surface area contributed by atoms with Gasteiger partial charge in [0.25, 0.3) is 5.91 Å². The molecule has 0 radical (unpaired) electrons. The van der Waals surface area contributed by atoms with Crippen molar-refractivity contribution in [3.63, 3.8) is 0 Å². The third kappa shape index (κ3) is 2.44. The molecule has 2 aromatic heterocycles. The number of nitrogens with zero attached hydrogens (tertiary/aromatic N) is 3. The van der Waals surface area contributed by atoms with Crippen LogP contribution < -0.4 is 5.32 Å². The van der Waals surface area contributed by atoms with E-state index in [4.69, 9.17) is 0 Å². The number of rotatable bonds is 2. The van der Waals surface area contributed by atoms with E-state index in [0.29, 0.717) is 11.2 Å². The number of nitrogens with one attached hydrogen (secondary N) is 1. The normalized spacial score (nSPS) is 10.4. The van der Waals surface area contributed by atoms with E-state index >= 15 is 0 Å². The third-order valence-corrected chi connectivity index (χ3v) is 2.72. The molecule has 0 atom stereocenters. The Balaban J connectivity index is 1.87. The first-order valence-corrected chi connectivity index (χ1v) is 5.86. The molecular weight excluding hydrogens is 259 g/mol. The van der Waals surface area contributed by atoms with Gasteiger partial charge >= 0.3 is 0 Å². The van der Waals surface area contributed by atoms with Gasteiger partial charge < -0.3 is 5.32 Å². The van der Waals surface area contributed by atoms with Crippen molar-refractivity contribution in [2.45, 2.75) is 0 Å². The van der Waals surface area contributed by atoms with Gasteiger partial charge in [-0.05, 0) is 24.3 Å². The Morgan fingerprint density at radius 3 is 2.55 bits per heavy atom. The van der Waals surface area contributed by atoms with Crippen molar-refractivity contribution in [3.05, 3.63) is 60.4 Å². The van der Waals surface area contributed by atoms with Crippen molar-refractivity contribution >= 4 is 22.6 Å². The molecular formula is C14H9FN4O. The summed E-state index contributed by atoms with van der Waals surface area (Å²) < 4.78 is 13.0. The van der Waals surface area contributed by atoms with Crippen LogP contribution in [0.5, 0.6) is 0 Å². The number of pyridine rings is 1. The predicted molar refractivity (Wildman–Crippen MR) is 71.7 cm³/mol. The van der Waals surface area contributed by atoms with Gasteiger partial charge in [-0.2, -0.15) is 4.39 Å². The zero-order chi connectivity index (χ0) is 13.9. The molecule has 0 aliphatic carbocycles. The number of aromatic nitrogens is 3. The van der Waals surface area contributed by atoms with E-state index in [-0.39, 0.29) is 5.56 Å². The lowest BCUT2D eigenvalue weighted by molar-refractivity contribution is 0.102. The smallest absolute Gasteiger partial charge is 0.255 e. The van der Waals surface area contributed by atoms with Crippen LogP contribution in [0.4, 0.5) is 10.1 Å². The standard InChI is InChI=1S/C14H9FN4O/c15-13-7-9(3-4-18-13)14(20)19-10-1-2-11-12(8-10)17-6-5-16-11/h1-8H,(H,19,20). The lowest BCUT2D eigenvalue weighted by atomic mass is 10.2. The Hall–Kier alpha value is -2.89. The Labute approximate surface area is 113 Å². The Bertz CT molecular complexity index is 791. The first-order chi connectivity index (χ1) is 9.72. The highest BCUT2D eigenvalue weighted by atomic mass is 19.1. The molecule has 5 nitrogen and oxygen atoms in total. The summed E-state index contributed by atoms with van der Waals surface area (Å²) in [4.78, 5) is 23.7. The zero-order valence-corrected chi connectivity index (χ0v) is 10.2. The van der Waals surface area contributed by atoms with Crippen LogP contribution in [-0.4, -0.2) is 20.9 Å². The van der Waals surface area contributed by atoms with E-state index in [1.807, 2.05) is 0 Å². The van der Waals surface area contributed by atoms with Gasteiger partial charge in [0, 0.05) is 35.9 Å². The summed E-state index contributed by atoms with van der Waals surface area (Å²) in [6.45, 7) is 0. The lowest BCUT2D eigenvalue weighted by Gasteiger charge is -2.05. The number of halogens is 1.